The Hall–Kier alpha value is -8.60. The smallest absolute Gasteiger partial charge is 0.0497 e. The van der Waals surface area contributed by atoms with Crippen molar-refractivity contribution in [2.75, 3.05) is 19.6 Å². The second-order valence-corrected chi connectivity index (χ2v) is 17.2. The summed E-state index contributed by atoms with van der Waals surface area (Å²) in [5.74, 6) is 0. The molecule has 68 heavy (non-hydrogen) atoms. The monoisotopic (exact) mass is 876 g/mol. The molecule has 0 aromatic heterocycles. The van der Waals surface area contributed by atoms with Crippen molar-refractivity contribution in [1.82, 2.24) is 0 Å². The topological polar surface area (TPSA) is 13.0 Å². The Kier molecular flexibility index (Phi) is 12.0. The van der Waals surface area contributed by atoms with Crippen molar-refractivity contribution >= 4 is 68.2 Å². The highest BCUT2D eigenvalue weighted by Gasteiger charge is 2.28. The summed E-state index contributed by atoms with van der Waals surface area (Å²) in [6.07, 6.45) is 3.10. The van der Waals surface area contributed by atoms with Crippen LogP contribution in [0, 0.1) is 0 Å². The van der Waals surface area contributed by atoms with Crippen LogP contribution < -0.4 is 19.6 Å². The van der Waals surface area contributed by atoms with Gasteiger partial charge in [0.1, 0.15) is 0 Å². The van der Waals surface area contributed by atoms with Crippen LogP contribution in [0.1, 0.15) is 22.3 Å². The van der Waals surface area contributed by atoms with Crippen LogP contribution in [0.15, 0.2) is 267 Å². The molecule has 0 amide bonds. The van der Waals surface area contributed by atoms with Crippen molar-refractivity contribution < 1.29 is 0 Å². The van der Waals surface area contributed by atoms with E-state index < -0.39 is 0 Å². The molecule has 14 rings (SSSR count). The molecule has 4 nitrogen and oxygen atoms in total. The summed E-state index contributed by atoms with van der Waals surface area (Å²) in [7, 11) is 0. The van der Waals surface area contributed by atoms with Crippen LogP contribution in [0.2, 0.25) is 0 Å². The van der Waals surface area contributed by atoms with Crippen molar-refractivity contribution in [3.05, 3.63) is 289 Å². The van der Waals surface area contributed by atoms with Crippen LogP contribution in [0.4, 0.5) is 68.2 Å². The summed E-state index contributed by atoms with van der Waals surface area (Å²) in [6.45, 7) is 0. The van der Waals surface area contributed by atoms with Crippen LogP contribution in [0.3, 0.4) is 0 Å². The molecule has 0 aliphatic heterocycles. The lowest BCUT2D eigenvalue weighted by Crippen LogP contribution is -2.19. The molecular formula is C64H52N4. The van der Waals surface area contributed by atoms with Crippen LogP contribution in [-0.2, 0) is 25.7 Å². The first-order valence-electron chi connectivity index (χ1n) is 23.7. The quantitative estimate of drug-likeness (QED) is 0.121. The summed E-state index contributed by atoms with van der Waals surface area (Å²) in [4.78, 5) is 9.85. The summed E-state index contributed by atoms with van der Waals surface area (Å²) in [6, 6.07) is 96.9. The maximum Gasteiger partial charge on any atom is 0.0497 e. The molecule has 4 bridgehead atoms. The van der Waals surface area contributed by atoms with E-state index in [1.807, 2.05) is 0 Å². The lowest BCUT2D eigenvalue weighted by atomic mass is 9.90. The van der Waals surface area contributed by atoms with Gasteiger partial charge in [-0.15, -0.1) is 0 Å². The number of anilines is 12. The zero-order chi connectivity index (χ0) is 45.5. The predicted octanol–water partition coefficient (Wildman–Crippen LogP) is 17.4. The molecule has 0 atom stereocenters. The maximum absolute atomic E-state index is 2.50. The van der Waals surface area contributed by atoms with Gasteiger partial charge in [-0.25, -0.2) is 0 Å². The third kappa shape index (κ3) is 8.64. The van der Waals surface area contributed by atoms with Gasteiger partial charge in [-0.3, -0.25) is 0 Å². The van der Waals surface area contributed by atoms with E-state index in [0.29, 0.717) is 0 Å². The van der Waals surface area contributed by atoms with Crippen molar-refractivity contribution in [3.63, 3.8) is 0 Å². The van der Waals surface area contributed by atoms with E-state index in [1.165, 1.54) is 45.0 Å². The molecule has 328 valence electrons. The SMILES string of the molecule is c1ccc(N(c2ccccc2)c2cc3c(N(c4ccccc4)c4ccccc4)cc2CCc2cc(N(c4ccccc4)c4ccccc4)c(cc2N(c2ccccc2)c2ccccc2)CC3)cc1. The number of hydrogen-bond donors (Lipinski definition) is 0. The molecule has 0 radical (unpaired) electrons. The molecule has 10 aromatic carbocycles. The Balaban J connectivity index is 1.19. The number of aryl methyl sites for hydroxylation is 4. The largest absolute Gasteiger partial charge is 0.310 e. The van der Waals surface area contributed by atoms with Crippen LogP contribution in [0.25, 0.3) is 0 Å². The third-order valence-corrected chi connectivity index (χ3v) is 13.0. The van der Waals surface area contributed by atoms with E-state index in [9.17, 15) is 0 Å². The summed E-state index contributed by atoms with van der Waals surface area (Å²) in [5.41, 5.74) is 18.8. The zero-order valence-corrected chi connectivity index (χ0v) is 38.0. The van der Waals surface area contributed by atoms with E-state index in [-0.39, 0.29) is 0 Å². The average molecular weight is 877 g/mol. The lowest BCUT2D eigenvalue weighted by molar-refractivity contribution is 0.911. The predicted molar refractivity (Wildman–Crippen MR) is 286 cm³/mol. The summed E-state index contributed by atoms with van der Waals surface area (Å²) in [5, 5.41) is 0. The number of hydrogen-bond acceptors (Lipinski definition) is 4. The average Bonchev–Trinajstić information content (AvgIpc) is 3.41. The molecule has 4 heteroatoms. The number of rotatable bonds is 12. The minimum absolute atomic E-state index is 0.774. The second-order valence-electron chi connectivity index (χ2n) is 17.2. The third-order valence-electron chi connectivity index (χ3n) is 13.0. The number of benzene rings is 10. The molecule has 4 aliphatic carbocycles. The van der Waals surface area contributed by atoms with E-state index in [2.05, 4.69) is 287 Å². The first kappa shape index (κ1) is 42.1. The van der Waals surface area contributed by atoms with Gasteiger partial charge in [0.2, 0.25) is 0 Å². The number of para-hydroxylation sites is 8. The minimum Gasteiger partial charge on any atom is -0.310 e. The molecule has 10 aromatic rings. The van der Waals surface area contributed by atoms with Gasteiger partial charge in [0, 0.05) is 68.2 Å². The zero-order valence-electron chi connectivity index (χ0n) is 38.0. The van der Waals surface area contributed by atoms with Gasteiger partial charge in [-0.2, -0.15) is 0 Å². The molecule has 0 spiro atoms. The highest BCUT2D eigenvalue weighted by molar-refractivity contribution is 5.88. The molecule has 4 aliphatic rings. The molecule has 0 unspecified atom stereocenters. The Morgan fingerprint density at radius 1 is 0.176 bits per heavy atom. The Bertz CT molecular complexity index is 2600. The van der Waals surface area contributed by atoms with Gasteiger partial charge in [0.15, 0.2) is 0 Å². The van der Waals surface area contributed by atoms with Gasteiger partial charge in [0.25, 0.3) is 0 Å². The fourth-order valence-electron chi connectivity index (χ4n) is 9.82. The van der Waals surface area contributed by atoms with Crippen LogP contribution in [-0.4, -0.2) is 0 Å². The van der Waals surface area contributed by atoms with E-state index >= 15 is 0 Å². The normalized spacial score (nSPS) is 11.9. The second kappa shape index (κ2) is 19.5. The van der Waals surface area contributed by atoms with E-state index in [0.717, 1.165) is 71.2 Å². The lowest BCUT2D eigenvalue weighted by Gasteiger charge is -2.35. The van der Waals surface area contributed by atoms with Gasteiger partial charge in [-0.05, 0) is 169 Å². The van der Waals surface area contributed by atoms with Gasteiger partial charge < -0.3 is 19.6 Å². The van der Waals surface area contributed by atoms with Crippen molar-refractivity contribution in [2.45, 2.75) is 25.7 Å². The molecule has 0 saturated carbocycles. The Morgan fingerprint density at radius 3 is 0.441 bits per heavy atom. The highest BCUT2D eigenvalue weighted by atomic mass is 15.2. The fourth-order valence-corrected chi connectivity index (χ4v) is 9.82. The molecule has 0 saturated heterocycles. The van der Waals surface area contributed by atoms with Gasteiger partial charge in [0.05, 0.1) is 0 Å². The highest BCUT2D eigenvalue weighted by Crippen LogP contribution is 2.48. The number of nitrogens with zero attached hydrogens (tertiary/aromatic N) is 4. The first-order valence-corrected chi connectivity index (χ1v) is 23.7. The molecule has 0 heterocycles. The van der Waals surface area contributed by atoms with E-state index in [1.54, 1.807) is 0 Å². The van der Waals surface area contributed by atoms with Gasteiger partial charge >= 0.3 is 0 Å². The minimum atomic E-state index is 0.774. The molecule has 0 fully saturated rings. The summed E-state index contributed by atoms with van der Waals surface area (Å²) < 4.78 is 0. The van der Waals surface area contributed by atoms with Crippen molar-refractivity contribution in [3.8, 4) is 0 Å². The standard InChI is InChI=1S/C64H52N4/c1-9-25-53(26-10-1)65(54-27-11-2-12-28-54)61-45-50-43-44-52-48-63(67(57-33-17-5-18-34-57)58-35-19-6-20-36-58)51(47-64(52)68(59-37-21-7-22-38-59)60-39-23-8-24-40-60)42-41-49(61)46-62(50)66(55-29-13-3-14-30-55)56-31-15-4-16-32-56/h1-40,45-48H,41-44H2. The summed E-state index contributed by atoms with van der Waals surface area (Å²) >= 11 is 0. The van der Waals surface area contributed by atoms with Crippen molar-refractivity contribution in [2.24, 2.45) is 0 Å². The molecule has 0 N–H and O–H groups in total. The fraction of sp³-hybridized carbons (Fsp3) is 0.0625. The first-order chi connectivity index (χ1) is 33.8. The van der Waals surface area contributed by atoms with Crippen LogP contribution >= 0.6 is 0 Å². The Morgan fingerprint density at radius 2 is 0.309 bits per heavy atom. The molecular weight excluding hydrogens is 825 g/mol. The van der Waals surface area contributed by atoms with Crippen molar-refractivity contribution in [1.29, 1.82) is 0 Å². The van der Waals surface area contributed by atoms with E-state index in [4.69, 9.17) is 0 Å². The Labute approximate surface area is 400 Å². The van der Waals surface area contributed by atoms with Gasteiger partial charge in [-0.1, -0.05) is 146 Å². The van der Waals surface area contributed by atoms with Crippen LogP contribution in [0.5, 0.6) is 0 Å². The maximum atomic E-state index is 2.50.